The van der Waals surface area contributed by atoms with Gasteiger partial charge in [0.1, 0.15) is 6.42 Å². The zero-order valence-corrected chi connectivity index (χ0v) is 7.70. The van der Waals surface area contributed by atoms with Crippen LogP contribution in [0, 0.1) is 0 Å². The van der Waals surface area contributed by atoms with Crippen LogP contribution < -0.4 is 0 Å². The maximum atomic E-state index is 11.2. The summed E-state index contributed by atoms with van der Waals surface area (Å²) < 4.78 is 0. The minimum Gasteiger partial charge on any atom is -0.481 e. The lowest BCUT2D eigenvalue weighted by Crippen LogP contribution is -2.36. The number of hydrogen-bond donors (Lipinski definition) is 1. The fourth-order valence-corrected chi connectivity index (χ4v) is 1.15. The minimum atomic E-state index is -1.06. The maximum absolute atomic E-state index is 11.2. The number of carboxylic acid groups (broad SMARTS) is 1. The number of nitrogens with zero attached hydrogens (tertiary/aromatic N) is 1. The Kier molecular flexibility index (Phi) is 4.51. The van der Waals surface area contributed by atoms with Gasteiger partial charge in [-0.25, -0.2) is 0 Å². The van der Waals surface area contributed by atoms with E-state index in [4.69, 9.17) is 5.11 Å². The lowest BCUT2D eigenvalue weighted by atomic mass is 10.1. The molecule has 0 aliphatic heterocycles. The van der Waals surface area contributed by atoms with Crippen LogP contribution in [0.5, 0.6) is 0 Å². The number of Topliss-reactive ketones (excluding diaryl/α,β-unsaturated/α-hetero) is 1. The average molecular weight is 173 g/mol. The van der Waals surface area contributed by atoms with Crippen molar-refractivity contribution in [2.24, 2.45) is 0 Å². The minimum absolute atomic E-state index is 0.227. The molecule has 0 aliphatic rings. The van der Waals surface area contributed by atoms with Crippen LogP contribution in [-0.4, -0.2) is 41.9 Å². The van der Waals surface area contributed by atoms with E-state index in [0.717, 1.165) is 0 Å². The third-order valence-electron chi connectivity index (χ3n) is 1.71. The monoisotopic (exact) mass is 173 g/mol. The van der Waals surface area contributed by atoms with E-state index in [1.807, 2.05) is 6.92 Å². The Balaban J connectivity index is 4.12. The number of likely N-dealkylation sites (N-methyl/N-ethyl adjacent to an activating group) is 1. The Morgan fingerprint density at radius 1 is 1.42 bits per heavy atom. The van der Waals surface area contributed by atoms with Gasteiger partial charge in [0.05, 0.1) is 6.04 Å². The van der Waals surface area contributed by atoms with Crippen LogP contribution in [0.25, 0.3) is 0 Å². The first kappa shape index (κ1) is 11.1. The van der Waals surface area contributed by atoms with E-state index in [2.05, 4.69) is 0 Å². The molecule has 0 saturated carbocycles. The number of hydrogen-bond acceptors (Lipinski definition) is 3. The van der Waals surface area contributed by atoms with Gasteiger partial charge < -0.3 is 5.11 Å². The maximum Gasteiger partial charge on any atom is 0.310 e. The first-order chi connectivity index (χ1) is 5.49. The van der Waals surface area contributed by atoms with E-state index >= 15 is 0 Å². The highest BCUT2D eigenvalue weighted by molar-refractivity contribution is 5.97. The van der Waals surface area contributed by atoms with Gasteiger partial charge in [-0.05, 0) is 20.5 Å². The molecule has 1 N–H and O–H groups in total. The predicted molar refractivity (Wildman–Crippen MR) is 45.0 cm³/mol. The van der Waals surface area contributed by atoms with Crippen molar-refractivity contribution in [2.75, 3.05) is 14.1 Å². The number of carboxylic acids is 1. The summed E-state index contributed by atoms with van der Waals surface area (Å²) in [5, 5.41) is 8.37. The van der Waals surface area contributed by atoms with Gasteiger partial charge in [0.15, 0.2) is 5.78 Å². The van der Waals surface area contributed by atoms with E-state index < -0.39 is 5.97 Å². The van der Waals surface area contributed by atoms with Crippen molar-refractivity contribution >= 4 is 11.8 Å². The van der Waals surface area contributed by atoms with Crippen LogP contribution in [0.4, 0.5) is 0 Å². The number of ketones is 1. The fraction of sp³-hybridized carbons (Fsp3) is 0.750. The quantitative estimate of drug-likeness (QED) is 0.610. The van der Waals surface area contributed by atoms with Crippen molar-refractivity contribution in [3.05, 3.63) is 0 Å². The van der Waals surface area contributed by atoms with E-state index in [1.54, 1.807) is 19.0 Å². The molecule has 0 aliphatic carbocycles. The average Bonchev–Trinajstić information content (AvgIpc) is 1.85. The van der Waals surface area contributed by atoms with Gasteiger partial charge in [-0.2, -0.15) is 0 Å². The highest BCUT2D eigenvalue weighted by Gasteiger charge is 2.20. The van der Waals surface area contributed by atoms with Crippen molar-refractivity contribution in [1.82, 2.24) is 4.90 Å². The molecular formula is C8H15NO3. The number of rotatable bonds is 5. The van der Waals surface area contributed by atoms with Crippen molar-refractivity contribution in [1.29, 1.82) is 0 Å². The fourth-order valence-electron chi connectivity index (χ4n) is 1.15. The molecule has 4 nitrogen and oxygen atoms in total. The predicted octanol–water partition coefficient (Wildman–Crippen LogP) is 0.370. The second kappa shape index (κ2) is 4.87. The summed E-state index contributed by atoms with van der Waals surface area (Å²) in [6, 6.07) is -0.263. The summed E-state index contributed by atoms with van der Waals surface area (Å²) in [5.74, 6) is -1.28. The van der Waals surface area contributed by atoms with E-state index in [1.165, 1.54) is 0 Å². The van der Waals surface area contributed by atoms with Gasteiger partial charge in [0, 0.05) is 0 Å². The third kappa shape index (κ3) is 3.48. The van der Waals surface area contributed by atoms with Crippen LogP contribution in [0.3, 0.4) is 0 Å². The molecule has 0 rings (SSSR count). The molecule has 1 unspecified atom stereocenters. The van der Waals surface area contributed by atoms with Gasteiger partial charge in [0.2, 0.25) is 0 Å². The Hall–Kier alpha value is -0.900. The largest absolute Gasteiger partial charge is 0.481 e. The standard InChI is InChI=1S/C8H15NO3/c1-4-6(9(2)3)7(10)5-8(11)12/h6H,4-5H2,1-3H3,(H,11,12). The molecule has 0 heterocycles. The summed E-state index contributed by atoms with van der Waals surface area (Å²) in [7, 11) is 3.54. The second-order valence-corrected chi connectivity index (χ2v) is 2.92. The number of aliphatic carboxylic acids is 1. The highest BCUT2D eigenvalue weighted by atomic mass is 16.4. The SMILES string of the molecule is CCC(C(=O)CC(=O)O)N(C)C. The number of carbonyl (C=O) groups is 2. The van der Waals surface area contributed by atoms with Crippen LogP contribution in [-0.2, 0) is 9.59 Å². The molecule has 0 bridgehead atoms. The van der Waals surface area contributed by atoms with E-state index in [0.29, 0.717) is 6.42 Å². The molecule has 0 aromatic rings. The normalized spacial score (nSPS) is 13.0. The Labute approximate surface area is 72.2 Å². The lowest BCUT2D eigenvalue weighted by Gasteiger charge is -2.20. The Bertz CT molecular complexity index is 177. The Morgan fingerprint density at radius 2 is 1.92 bits per heavy atom. The number of carbonyl (C=O) groups excluding carboxylic acids is 1. The molecule has 0 fully saturated rings. The smallest absolute Gasteiger partial charge is 0.310 e. The molecule has 0 spiro atoms. The first-order valence-corrected chi connectivity index (χ1v) is 3.90. The molecule has 12 heavy (non-hydrogen) atoms. The molecule has 70 valence electrons. The summed E-state index contributed by atoms with van der Waals surface area (Å²) >= 11 is 0. The van der Waals surface area contributed by atoms with Gasteiger partial charge >= 0.3 is 5.97 Å². The molecule has 0 radical (unpaired) electrons. The van der Waals surface area contributed by atoms with Gasteiger partial charge in [-0.3, -0.25) is 14.5 Å². The molecule has 0 aromatic carbocycles. The van der Waals surface area contributed by atoms with Gasteiger partial charge in [-0.1, -0.05) is 6.92 Å². The summed E-state index contributed by atoms with van der Waals surface area (Å²) in [6.07, 6.45) is 0.274. The van der Waals surface area contributed by atoms with Crippen molar-refractivity contribution in [3.8, 4) is 0 Å². The topological polar surface area (TPSA) is 57.6 Å². The first-order valence-electron chi connectivity index (χ1n) is 3.90. The molecule has 0 saturated heterocycles. The molecule has 1 atom stereocenters. The highest BCUT2D eigenvalue weighted by Crippen LogP contribution is 2.03. The molecular weight excluding hydrogens is 158 g/mol. The zero-order chi connectivity index (χ0) is 9.72. The van der Waals surface area contributed by atoms with E-state index in [-0.39, 0.29) is 18.2 Å². The van der Waals surface area contributed by atoms with Crippen LogP contribution in [0.2, 0.25) is 0 Å². The molecule has 0 amide bonds. The van der Waals surface area contributed by atoms with Crippen LogP contribution in [0.1, 0.15) is 19.8 Å². The van der Waals surface area contributed by atoms with Crippen molar-refractivity contribution in [2.45, 2.75) is 25.8 Å². The van der Waals surface area contributed by atoms with Crippen molar-refractivity contribution < 1.29 is 14.7 Å². The Morgan fingerprint density at radius 3 is 2.17 bits per heavy atom. The summed E-state index contributed by atoms with van der Waals surface area (Å²) in [6.45, 7) is 1.87. The van der Waals surface area contributed by atoms with E-state index in [9.17, 15) is 9.59 Å². The molecule has 0 aromatic heterocycles. The van der Waals surface area contributed by atoms with Crippen LogP contribution in [0.15, 0.2) is 0 Å². The second-order valence-electron chi connectivity index (χ2n) is 2.92. The van der Waals surface area contributed by atoms with Gasteiger partial charge in [-0.15, -0.1) is 0 Å². The summed E-state index contributed by atoms with van der Waals surface area (Å²) in [4.78, 5) is 23.2. The van der Waals surface area contributed by atoms with Gasteiger partial charge in [0.25, 0.3) is 0 Å². The molecule has 4 heteroatoms. The zero-order valence-electron chi connectivity index (χ0n) is 7.70. The third-order valence-corrected chi connectivity index (χ3v) is 1.71. The van der Waals surface area contributed by atoms with Crippen molar-refractivity contribution in [3.63, 3.8) is 0 Å². The lowest BCUT2D eigenvalue weighted by molar-refractivity contribution is -0.141. The van der Waals surface area contributed by atoms with Crippen LogP contribution >= 0.6 is 0 Å². The summed E-state index contributed by atoms with van der Waals surface area (Å²) in [5.41, 5.74) is 0.